The highest BCUT2D eigenvalue weighted by molar-refractivity contribution is 5.37. The second-order valence-corrected chi connectivity index (χ2v) is 5.45. The van der Waals surface area contributed by atoms with Crippen molar-refractivity contribution in [1.29, 1.82) is 0 Å². The van der Waals surface area contributed by atoms with E-state index in [9.17, 15) is 0 Å². The molecule has 0 aliphatic rings. The summed E-state index contributed by atoms with van der Waals surface area (Å²) >= 11 is 0. The number of pyridine rings is 1. The highest BCUT2D eigenvalue weighted by Gasteiger charge is 2.08. The van der Waals surface area contributed by atoms with Crippen molar-refractivity contribution in [2.24, 2.45) is 5.73 Å². The van der Waals surface area contributed by atoms with Crippen LogP contribution >= 0.6 is 0 Å². The molecule has 0 amide bonds. The summed E-state index contributed by atoms with van der Waals surface area (Å²) < 4.78 is 5.88. The molecule has 0 aliphatic carbocycles. The molecule has 1 aromatic heterocycles. The van der Waals surface area contributed by atoms with Gasteiger partial charge in [0, 0.05) is 18.3 Å². The first-order chi connectivity index (χ1) is 9.49. The van der Waals surface area contributed by atoms with E-state index < -0.39 is 0 Å². The highest BCUT2D eigenvalue weighted by Crippen LogP contribution is 2.25. The molecule has 0 aliphatic heterocycles. The summed E-state index contributed by atoms with van der Waals surface area (Å²) in [6, 6.07) is 10.00. The quantitative estimate of drug-likeness (QED) is 0.911. The van der Waals surface area contributed by atoms with E-state index in [-0.39, 0.29) is 0 Å². The molecule has 2 N–H and O–H groups in total. The van der Waals surface area contributed by atoms with Crippen molar-refractivity contribution in [3.8, 4) is 11.6 Å². The summed E-state index contributed by atoms with van der Waals surface area (Å²) in [6.45, 7) is 8.88. The fraction of sp³-hybridized carbons (Fsp3) is 0.353. The average molecular weight is 270 g/mol. The van der Waals surface area contributed by atoms with E-state index >= 15 is 0 Å². The minimum atomic E-state index is 0.351. The summed E-state index contributed by atoms with van der Waals surface area (Å²) in [5.74, 6) is 1.77. The van der Waals surface area contributed by atoms with Crippen molar-refractivity contribution in [3.05, 3.63) is 52.7 Å². The van der Waals surface area contributed by atoms with Crippen LogP contribution in [-0.2, 0) is 6.54 Å². The van der Waals surface area contributed by atoms with E-state index in [0.29, 0.717) is 18.3 Å². The van der Waals surface area contributed by atoms with Crippen LogP contribution in [0.2, 0.25) is 0 Å². The standard InChI is InChI=1S/C17H22N2O/c1-11(2)16-8-14(10-18)9-17(19-16)20-15-6-5-12(3)13(4)7-15/h5-9,11H,10,18H2,1-4H3. The molecule has 1 heterocycles. The maximum absolute atomic E-state index is 5.88. The van der Waals surface area contributed by atoms with Gasteiger partial charge < -0.3 is 10.5 Å². The Bertz CT molecular complexity index is 606. The van der Waals surface area contributed by atoms with Crippen molar-refractivity contribution in [3.63, 3.8) is 0 Å². The lowest BCUT2D eigenvalue weighted by molar-refractivity contribution is 0.458. The van der Waals surface area contributed by atoms with Gasteiger partial charge in [-0.25, -0.2) is 4.98 Å². The molecule has 1 aromatic carbocycles. The number of nitrogens with zero attached hydrogens (tertiary/aromatic N) is 1. The van der Waals surface area contributed by atoms with E-state index in [1.54, 1.807) is 0 Å². The number of aryl methyl sites for hydroxylation is 2. The van der Waals surface area contributed by atoms with Crippen LogP contribution in [0.4, 0.5) is 0 Å². The fourth-order valence-corrected chi connectivity index (χ4v) is 1.95. The predicted molar refractivity (Wildman–Crippen MR) is 82.2 cm³/mol. The maximum Gasteiger partial charge on any atom is 0.219 e. The van der Waals surface area contributed by atoms with Gasteiger partial charge in [0.05, 0.1) is 0 Å². The van der Waals surface area contributed by atoms with Crippen LogP contribution in [0.5, 0.6) is 11.6 Å². The Kier molecular flexibility index (Phi) is 4.40. The number of aromatic nitrogens is 1. The maximum atomic E-state index is 5.88. The van der Waals surface area contributed by atoms with Crippen LogP contribution in [0.1, 0.15) is 42.1 Å². The molecule has 0 bridgehead atoms. The molecule has 3 nitrogen and oxygen atoms in total. The molecule has 0 saturated heterocycles. The van der Waals surface area contributed by atoms with Gasteiger partial charge in [0.1, 0.15) is 5.75 Å². The van der Waals surface area contributed by atoms with E-state index in [0.717, 1.165) is 17.0 Å². The minimum absolute atomic E-state index is 0.351. The SMILES string of the molecule is Cc1ccc(Oc2cc(CN)cc(C(C)C)n2)cc1C. The number of hydrogen-bond acceptors (Lipinski definition) is 3. The molecule has 20 heavy (non-hydrogen) atoms. The monoisotopic (exact) mass is 270 g/mol. The third-order valence-electron chi connectivity index (χ3n) is 3.41. The van der Waals surface area contributed by atoms with Gasteiger partial charge >= 0.3 is 0 Å². The average Bonchev–Trinajstić information content (AvgIpc) is 2.42. The van der Waals surface area contributed by atoms with Crippen LogP contribution in [0.15, 0.2) is 30.3 Å². The summed E-state index contributed by atoms with van der Waals surface area (Å²) in [6.07, 6.45) is 0. The lowest BCUT2D eigenvalue weighted by Gasteiger charge is -2.12. The zero-order chi connectivity index (χ0) is 14.7. The molecule has 3 heteroatoms. The van der Waals surface area contributed by atoms with Gasteiger partial charge in [-0.05, 0) is 54.7 Å². The van der Waals surface area contributed by atoms with Gasteiger partial charge in [0.2, 0.25) is 5.88 Å². The Morgan fingerprint density at radius 3 is 2.45 bits per heavy atom. The minimum Gasteiger partial charge on any atom is -0.439 e. The smallest absolute Gasteiger partial charge is 0.219 e. The molecular weight excluding hydrogens is 248 g/mol. The molecule has 0 fully saturated rings. The normalized spacial score (nSPS) is 10.9. The van der Waals surface area contributed by atoms with Crippen molar-refractivity contribution in [2.75, 3.05) is 0 Å². The first-order valence-electron chi connectivity index (χ1n) is 6.95. The molecule has 2 rings (SSSR count). The van der Waals surface area contributed by atoms with Gasteiger partial charge in [-0.2, -0.15) is 0 Å². The van der Waals surface area contributed by atoms with E-state index in [4.69, 9.17) is 10.5 Å². The van der Waals surface area contributed by atoms with Crippen molar-refractivity contribution >= 4 is 0 Å². The van der Waals surface area contributed by atoms with Crippen LogP contribution in [-0.4, -0.2) is 4.98 Å². The van der Waals surface area contributed by atoms with Gasteiger partial charge in [-0.1, -0.05) is 19.9 Å². The third kappa shape index (κ3) is 3.36. The molecular formula is C17H22N2O. The highest BCUT2D eigenvalue weighted by atomic mass is 16.5. The molecule has 0 spiro atoms. The first-order valence-corrected chi connectivity index (χ1v) is 6.95. The van der Waals surface area contributed by atoms with E-state index in [1.165, 1.54) is 11.1 Å². The number of ether oxygens (including phenoxy) is 1. The molecule has 0 radical (unpaired) electrons. The topological polar surface area (TPSA) is 48.1 Å². The Morgan fingerprint density at radius 1 is 1.10 bits per heavy atom. The van der Waals surface area contributed by atoms with Gasteiger partial charge in [-0.3, -0.25) is 0 Å². The summed E-state index contributed by atoms with van der Waals surface area (Å²) in [7, 11) is 0. The van der Waals surface area contributed by atoms with Crippen molar-refractivity contribution in [1.82, 2.24) is 4.98 Å². The van der Waals surface area contributed by atoms with E-state index in [2.05, 4.69) is 38.7 Å². The second kappa shape index (κ2) is 6.06. The Labute approximate surface area is 120 Å². The molecule has 106 valence electrons. The Morgan fingerprint density at radius 2 is 1.85 bits per heavy atom. The van der Waals surface area contributed by atoms with Crippen LogP contribution < -0.4 is 10.5 Å². The summed E-state index contributed by atoms with van der Waals surface area (Å²) in [5.41, 5.74) is 10.3. The largest absolute Gasteiger partial charge is 0.439 e. The Balaban J connectivity index is 2.32. The lowest BCUT2D eigenvalue weighted by Crippen LogP contribution is -2.02. The zero-order valence-corrected chi connectivity index (χ0v) is 12.6. The summed E-state index contributed by atoms with van der Waals surface area (Å²) in [4.78, 5) is 4.55. The predicted octanol–water partition coefficient (Wildman–Crippen LogP) is 4.07. The van der Waals surface area contributed by atoms with E-state index in [1.807, 2.05) is 24.3 Å². The Hall–Kier alpha value is -1.87. The van der Waals surface area contributed by atoms with Gasteiger partial charge in [0.25, 0.3) is 0 Å². The van der Waals surface area contributed by atoms with Crippen molar-refractivity contribution < 1.29 is 4.74 Å². The fourth-order valence-electron chi connectivity index (χ4n) is 1.95. The van der Waals surface area contributed by atoms with Gasteiger partial charge in [0.15, 0.2) is 0 Å². The number of rotatable bonds is 4. The van der Waals surface area contributed by atoms with Crippen LogP contribution in [0.3, 0.4) is 0 Å². The first kappa shape index (κ1) is 14.5. The second-order valence-electron chi connectivity index (χ2n) is 5.45. The third-order valence-corrected chi connectivity index (χ3v) is 3.41. The molecule has 2 aromatic rings. The number of benzene rings is 1. The molecule has 0 unspecified atom stereocenters. The lowest BCUT2D eigenvalue weighted by atomic mass is 10.1. The van der Waals surface area contributed by atoms with Crippen LogP contribution in [0.25, 0.3) is 0 Å². The zero-order valence-electron chi connectivity index (χ0n) is 12.6. The number of hydrogen-bond donors (Lipinski definition) is 1. The van der Waals surface area contributed by atoms with Gasteiger partial charge in [-0.15, -0.1) is 0 Å². The molecule has 0 saturated carbocycles. The summed E-state index contributed by atoms with van der Waals surface area (Å²) in [5, 5.41) is 0. The van der Waals surface area contributed by atoms with Crippen LogP contribution in [0, 0.1) is 13.8 Å². The molecule has 0 atom stereocenters. The number of nitrogens with two attached hydrogens (primary N) is 1. The van der Waals surface area contributed by atoms with Crippen molar-refractivity contribution in [2.45, 2.75) is 40.2 Å².